The second kappa shape index (κ2) is 6.62. The second-order valence-corrected chi connectivity index (χ2v) is 6.35. The molecule has 1 heterocycles. The van der Waals surface area contributed by atoms with Gasteiger partial charge in [0.05, 0.1) is 0 Å². The number of nitrogens with one attached hydrogen (secondary N) is 1. The molecule has 0 radical (unpaired) electrons. The predicted octanol–water partition coefficient (Wildman–Crippen LogP) is 3.36. The van der Waals surface area contributed by atoms with Crippen LogP contribution >= 0.6 is 11.8 Å². The summed E-state index contributed by atoms with van der Waals surface area (Å²) in [4.78, 5) is 2.41. The van der Waals surface area contributed by atoms with E-state index in [0.29, 0.717) is 0 Å². The Morgan fingerprint density at radius 1 is 1.32 bits per heavy atom. The Balaban J connectivity index is 2.38. The van der Waals surface area contributed by atoms with E-state index >= 15 is 0 Å². The van der Waals surface area contributed by atoms with E-state index in [-0.39, 0.29) is 11.9 Å². The van der Waals surface area contributed by atoms with Gasteiger partial charge in [-0.15, -0.1) is 0 Å². The van der Waals surface area contributed by atoms with Crippen LogP contribution in [0, 0.1) is 12.7 Å². The van der Waals surface area contributed by atoms with Gasteiger partial charge in [-0.25, -0.2) is 4.39 Å². The first-order valence-corrected chi connectivity index (χ1v) is 8.09. The van der Waals surface area contributed by atoms with Crippen molar-refractivity contribution in [2.75, 3.05) is 36.5 Å². The third kappa shape index (κ3) is 3.42. The molecule has 1 aliphatic rings. The zero-order valence-electron chi connectivity index (χ0n) is 12.0. The molecule has 1 atom stereocenters. The van der Waals surface area contributed by atoms with Crippen LogP contribution in [0.25, 0.3) is 0 Å². The van der Waals surface area contributed by atoms with Crippen LogP contribution < -0.4 is 10.2 Å². The molecule has 4 heteroatoms. The first-order chi connectivity index (χ1) is 9.13. The normalized spacial score (nSPS) is 18.2. The molecule has 0 aliphatic carbocycles. The fourth-order valence-corrected chi connectivity index (χ4v) is 3.33. The molecular weight excluding hydrogens is 259 g/mol. The van der Waals surface area contributed by atoms with Gasteiger partial charge in [-0.1, -0.05) is 0 Å². The van der Waals surface area contributed by atoms with Gasteiger partial charge in [-0.3, -0.25) is 0 Å². The summed E-state index contributed by atoms with van der Waals surface area (Å²) in [7, 11) is 1.92. The Labute approximate surface area is 119 Å². The molecule has 1 aromatic carbocycles. The maximum absolute atomic E-state index is 13.9. The maximum Gasteiger partial charge on any atom is 0.126 e. The molecule has 1 aliphatic heterocycles. The summed E-state index contributed by atoms with van der Waals surface area (Å²) in [6.45, 7) is 6.06. The maximum atomic E-state index is 13.9. The van der Waals surface area contributed by atoms with Crippen molar-refractivity contribution in [1.82, 2.24) is 5.32 Å². The van der Waals surface area contributed by atoms with E-state index in [2.05, 4.69) is 17.1 Å². The summed E-state index contributed by atoms with van der Waals surface area (Å²) in [5.41, 5.74) is 3.00. The molecule has 0 saturated carbocycles. The second-order valence-electron chi connectivity index (χ2n) is 5.12. The number of aryl methyl sites for hydroxylation is 1. The van der Waals surface area contributed by atoms with Gasteiger partial charge in [-0.2, -0.15) is 11.8 Å². The first kappa shape index (κ1) is 14.7. The monoisotopic (exact) mass is 282 g/mol. The zero-order valence-corrected chi connectivity index (χ0v) is 12.8. The van der Waals surface area contributed by atoms with Crippen LogP contribution in [0.3, 0.4) is 0 Å². The summed E-state index contributed by atoms with van der Waals surface area (Å²) in [6, 6.07) is 3.87. The van der Waals surface area contributed by atoms with Gasteiger partial charge in [0.25, 0.3) is 0 Å². The van der Waals surface area contributed by atoms with Crippen LogP contribution in [0.2, 0.25) is 0 Å². The van der Waals surface area contributed by atoms with Crippen LogP contribution in [0.5, 0.6) is 0 Å². The fraction of sp³-hybridized carbons (Fsp3) is 0.600. The van der Waals surface area contributed by atoms with Crippen LogP contribution in [0.15, 0.2) is 12.1 Å². The molecule has 1 fully saturated rings. The molecule has 1 unspecified atom stereocenters. The average Bonchev–Trinajstić information content (AvgIpc) is 2.69. The highest BCUT2D eigenvalue weighted by molar-refractivity contribution is 7.99. The number of benzene rings is 1. The minimum atomic E-state index is -0.106. The van der Waals surface area contributed by atoms with E-state index < -0.39 is 0 Å². The molecule has 0 bridgehead atoms. The van der Waals surface area contributed by atoms with Crippen molar-refractivity contribution in [2.45, 2.75) is 26.3 Å². The van der Waals surface area contributed by atoms with E-state index in [4.69, 9.17) is 0 Å². The molecule has 0 amide bonds. The summed E-state index contributed by atoms with van der Waals surface area (Å²) in [5, 5.41) is 3.22. The van der Waals surface area contributed by atoms with Gasteiger partial charge in [0.1, 0.15) is 5.82 Å². The number of thioether (sulfide) groups is 1. The van der Waals surface area contributed by atoms with E-state index in [9.17, 15) is 4.39 Å². The van der Waals surface area contributed by atoms with Crippen LogP contribution in [0.1, 0.15) is 30.5 Å². The molecule has 1 N–H and O–H groups in total. The van der Waals surface area contributed by atoms with E-state index in [1.54, 1.807) is 6.07 Å². The largest absolute Gasteiger partial charge is 0.370 e. The average molecular weight is 282 g/mol. The van der Waals surface area contributed by atoms with Gasteiger partial charge in [0.15, 0.2) is 0 Å². The lowest BCUT2D eigenvalue weighted by molar-refractivity contribution is 0.599. The first-order valence-electron chi connectivity index (χ1n) is 6.93. The summed E-state index contributed by atoms with van der Waals surface area (Å²) in [6.07, 6.45) is 1.20. The third-order valence-corrected chi connectivity index (χ3v) is 4.82. The van der Waals surface area contributed by atoms with Crippen LogP contribution in [-0.4, -0.2) is 31.6 Å². The smallest absolute Gasteiger partial charge is 0.126 e. The molecule has 1 aromatic rings. The molecule has 0 aromatic heterocycles. The summed E-state index contributed by atoms with van der Waals surface area (Å²) in [5.74, 6) is 2.28. The van der Waals surface area contributed by atoms with Crippen molar-refractivity contribution in [3.05, 3.63) is 29.1 Å². The molecular formula is C15H23FN2S. The van der Waals surface area contributed by atoms with Crippen LogP contribution in [0.4, 0.5) is 10.1 Å². The van der Waals surface area contributed by atoms with Crippen molar-refractivity contribution in [1.29, 1.82) is 0 Å². The van der Waals surface area contributed by atoms with Crippen molar-refractivity contribution in [3.8, 4) is 0 Å². The van der Waals surface area contributed by atoms with Gasteiger partial charge in [0, 0.05) is 30.6 Å². The highest BCUT2D eigenvalue weighted by Gasteiger charge is 2.18. The van der Waals surface area contributed by atoms with Gasteiger partial charge < -0.3 is 10.2 Å². The molecule has 0 spiro atoms. The van der Waals surface area contributed by atoms with Crippen molar-refractivity contribution in [2.24, 2.45) is 0 Å². The van der Waals surface area contributed by atoms with E-state index in [1.165, 1.54) is 17.9 Å². The number of anilines is 1. The number of rotatable bonds is 3. The van der Waals surface area contributed by atoms with Gasteiger partial charge in [-0.05, 0) is 56.3 Å². The fourth-order valence-electron chi connectivity index (χ4n) is 2.44. The number of hydrogen-bond acceptors (Lipinski definition) is 3. The highest BCUT2D eigenvalue weighted by Crippen LogP contribution is 2.30. The minimum absolute atomic E-state index is 0.106. The molecule has 2 rings (SSSR count). The molecule has 106 valence electrons. The van der Waals surface area contributed by atoms with E-state index in [1.807, 2.05) is 31.8 Å². The minimum Gasteiger partial charge on any atom is -0.370 e. The van der Waals surface area contributed by atoms with E-state index in [0.717, 1.165) is 30.0 Å². The highest BCUT2D eigenvalue weighted by atomic mass is 32.2. The quantitative estimate of drug-likeness (QED) is 0.915. The number of halogens is 1. The predicted molar refractivity (Wildman–Crippen MR) is 82.8 cm³/mol. The summed E-state index contributed by atoms with van der Waals surface area (Å²) >= 11 is 2.01. The van der Waals surface area contributed by atoms with Gasteiger partial charge >= 0.3 is 0 Å². The Morgan fingerprint density at radius 2 is 2.11 bits per heavy atom. The molecule has 19 heavy (non-hydrogen) atoms. The lowest BCUT2D eigenvalue weighted by Crippen LogP contribution is -2.28. The summed E-state index contributed by atoms with van der Waals surface area (Å²) < 4.78 is 13.9. The molecule has 1 saturated heterocycles. The zero-order chi connectivity index (χ0) is 13.8. The van der Waals surface area contributed by atoms with Crippen molar-refractivity contribution in [3.63, 3.8) is 0 Å². The van der Waals surface area contributed by atoms with Gasteiger partial charge in [0.2, 0.25) is 0 Å². The Kier molecular flexibility index (Phi) is 5.11. The Bertz CT molecular complexity index is 428. The Morgan fingerprint density at radius 3 is 2.84 bits per heavy atom. The van der Waals surface area contributed by atoms with Crippen molar-refractivity contribution < 1.29 is 4.39 Å². The lowest BCUT2D eigenvalue weighted by atomic mass is 10.0. The number of hydrogen-bond donors (Lipinski definition) is 1. The lowest BCUT2D eigenvalue weighted by Gasteiger charge is -2.28. The third-order valence-electron chi connectivity index (χ3n) is 3.77. The van der Waals surface area contributed by atoms with Crippen LogP contribution in [-0.2, 0) is 0 Å². The Hall–Kier alpha value is -0.740. The standard InChI is InChI=1S/C15H23FN2S/c1-11-9-15(18-5-4-7-19-8-6-18)13(10-14(11)16)12(2)17-3/h9-10,12,17H,4-8H2,1-3H3. The number of nitrogens with zero attached hydrogens (tertiary/aromatic N) is 1. The SMILES string of the molecule is CNC(C)c1cc(F)c(C)cc1N1CCCSCC1. The van der Waals surface area contributed by atoms with Crippen molar-refractivity contribution >= 4 is 17.4 Å². The molecule has 2 nitrogen and oxygen atoms in total. The topological polar surface area (TPSA) is 15.3 Å².